The first-order valence-corrected chi connectivity index (χ1v) is 9.52. The molecule has 0 unspecified atom stereocenters. The molecule has 0 aromatic carbocycles. The first-order chi connectivity index (χ1) is 12.5. The van der Waals surface area contributed by atoms with Gasteiger partial charge in [0.25, 0.3) is 5.91 Å². The largest absolute Gasteiger partial charge is 0.336 e. The van der Waals surface area contributed by atoms with E-state index < -0.39 is 0 Å². The SMILES string of the molecule is Cc1cc(C(=O)N(CCN2CCNC2=O)C[C@@H]2C[C@H]3C=C[C@H]2C3)nn1C. The van der Waals surface area contributed by atoms with E-state index >= 15 is 0 Å². The van der Waals surface area contributed by atoms with Crippen molar-refractivity contribution in [1.82, 2.24) is 24.9 Å². The molecule has 3 aliphatic rings. The van der Waals surface area contributed by atoms with Crippen LogP contribution in [-0.2, 0) is 7.05 Å². The van der Waals surface area contributed by atoms with Gasteiger partial charge in [-0.1, -0.05) is 12.2 Å². The highest BCUT2D eigenvalue weighted by molar-refractivity contribution is 5.92. The van der Waals surface area contributed by atoms with Gasteiger partial charge in [-0.2, -0.15) is 5.10 Å². The second-order valence-electron chi connectivity index (χ2n) is 7.81. The van der Waals surface area contributed by atoms with Gasteiger partial charge in [-0.25, -0.2) is 4.79 Å². The molecule has 3 amide bonds. The van der Waals surface area contributed by atoms with E-state index in [0.29, 0.717) is 49.6 Å². The Labute approximate surface area is 154 Å². The summed E-state index contributed by atoms with van der Waals surface area (Å²) < 4.78 is 1.74. The minimum absolute atomic E-state index is 0.0277. The molecule has 2 heterocycles. The number of allylic oxidation sites excluding steroid dienone is 2. The molecule has 1 N–H and O–H groups in total. The van der Waals surface area contributed by atoms with E-state index in [-0.39, 0.29) is 11.9 Å². The van der Waals surface area contributed by atoms with Crippen molar-refractivity contribution in [3.8, 4) is 0 Å². The molecule has 7 nitrogen and oxygen atoms in total. The number of hydrogen-bond donors (Lipinski definition) is 1. The number of rotatable bonds is 6. The molecule has 140 valence electrons. The van der Waals surface area contributed by atoms with Gasteiger partial charge in [-0.15, -0.1) is 0 Å². The summed E-state index contributed by atoms with van der Waals surface area (Å²) in [5.74, 6) is 1.77. The van der Waals surface area contributed by atoms with Gasteiger partial charge in [0.05, 0.1) is 0 Å². The molecule has 1 saturated carbocycles. The van der Waals surface area contributed by atoms with Crippen LogP contribution in [0.2, 0.25) is 0 Å². The van der Waals surface area contributed by atoms with Crippen LogP contribution in [0.3, 0.4) is 0 Å². The van der Waals surface area contributed by atoms with Gasteiger partial charge < -0.3 is 15.1 Å². The van der Waals surface area contributed by atoms with Crippen molar-refractivity contribution in [3.63, 3.8) is 0 Å². The Balaban J connectivity index is 1.47. The third kappa shape index (κ3) is 3.22. The molecular formula is C19H27N5O2. The smallest absolute Gasteiger partial charge is 0.317 e. The van der Waals surface area contributed by atoms with Gasteiger partial charge in [0, 0.05) is 45.5 Å². The molecule has 2 fully saturated rings. The van der Waals surface area contributed by atoms with Gasteiger partial charge in [-0.3, -0.25) is 9.48 Å². The summed E-state index contributed by atoms with van der Waals surface area (Å²) in [6.45, 7) is 5.21. The van der Waals surface area contributed by atoms with Crippen molar-refractivity contribution in [1.29, 1.82) is 0 Å². The molecule has 7 heteroatoms. The van der Waals surface area contributed by atoms with Gasteiger partial charge >= 0.3 is 6.03 Å². The normalized spacial score (nSPS) is 26.6. The predicted molar refractivity (Wildman–Crippen MR) is 97.7 cm³/mol. The number of fused-ring (bicyclic) bond motifs is 2. The van der Waals surface area contributed by atoms with Crippen LogP contribution in [0.4, 0.5) is 4.79 Å². The standard InChI is InChI=1S/C19H27N5O2/c1-13-9-17(21-22(13)2)18(25)24(8-7-23-6-5-20-19(23)26)12-16-11-14-3-4-15(16)10-14/h3-4,9,14-16H,5-8,10-12H2,1-2H3,(H,20,26)/t14-,15-,16-/m0/s1. The quantitative estimate of drug-likeness (QED) is 0.783. The lowest BCUT2D eigenvalue weighted by Crippen LogP contribution is -2.42. The number of carbonyl (C=O) groups excluding carboxylic acids is 2. The minimum atomic E-state index is -0.0334. The summed E-state index contributed by atoms with van der Waals surface area (Å²) in [7, 11) is 1.85. The molecule has 3 atom stereocenters. The average molecular weight is 357 g/mol. The van der Waals surface area contributed by atoms with Crippen LogP contribution >= 0.6 is 0 Å². The van der Waals surface area contributed by atoms with Crippen LogP contribution in [0.5, 0.6) is 0 Å². The molecule has 2 bridgehead atoms. The van der Waals surface area contributed by atoms with Gasteiger partial charge in [-0.05, 0) is 43.6 Å². The second-order valence-corrected chi connectivity index (χ2v) is 7.81. The zero-order chi connectivity index (χ0) is 18.3. The fourth-order valence-corrected chi connectivity index (χ4v) is 4.46. The molecule has 26 heavy (non-hydrogen) atoms. The van der Waals surface area contributed by atoms with Crippen LogP contribution in [0, 0.1) is 24.7 Å². The van der Waals surface area contributed by atoms with E-state index in [2.05, 4.69) is 22.6 Å². The minimum Gasteiger partial charge on any atom is -0.336 e. The van der Waals surface area contributed by atoms with E-state index in [1.165, 1.54) is 6.42 Å². The van der Waals surface area contributed by atoms with Crippen molar-refractivity contribution in [2.75, 3.05) is 32.7 Å². The highest BCUT2D eigenvalue weighted by Gasteiger charge is 2.37. The topological polar surface area (TPSA) is 70.5 Å². The summed E-state index contributed by atoms with van der Waals surface area (Å²) in [4.78, 5) is 28.6. The van der Waals surface area contributed by atoms with Crippen LogP contribution in [0.15, 0.2) is 18.2 Å². The van der Waals surface area contributed by atoms with Crippen LogP contribution in [0.1, 0.15) is 29.0 Å². The van der Waals surface area contributed by atoms with Crippen LogP contribution in [-0.4, -0.2) is 64.2 Å². The van der Waals surface area contributed by atoms with E-state index in [0.717, 1.165) is 18.7 Å². The summed E-state index contributed by atoms with van der Waals surface area (Å²) in [6, 6.07) is 1.81. The lowest BCUT2D eigenvalue weighted by Gasteiger charge is -2.29. The van der Waals surface area contributed by atoms with Crippen molar-refractivity contribution in [2.24, 2.45) is 24.8 Å². The van der Waals surface area contributed by atoms with Crippen molar-refractivity contribution in [2.45, 2.75) is 19.8 Å². The van der Waals surface area contributed by atoms with Crippen LogP contribution in [0.25, 0.3) is 0 Å². The summed E-state index contributed by atoms with van der Waals surface area (Å²) in [6.07, 6.45) is 7.03. The Bertz CT molecular complexity index is 721. The van der Waals surface area contributed by atoms with Crippen molar-refractivity contribution < 1.29 is 9.59 Å². The first-order valence-electron chi connectivity index (χ1n) is 9.52. The molecule has 1 aromatic heterocycles. The molecular weight excluding hydrogens is 330 g/mol. The molecule has 2 aliphatic carbocycles. The summed E-state index contributed by atoms with van der Waals surface area (Å²) >= 11 is 0. The third-order valence-corrected chi connectivity index (χ3v) is 6.08. The Morgan fingerprint density at radius 2 is 2.23 bits per heavy atom. The zero-order valence-electron chi connectivity index (χ0n) is 15.5. The van der Waals surface area contributed by atoms with Crippen molar-refractivity contribution >= 4 is 11.9 Å². The Morgan fingerprint density at radius 1 is 1.38 bits per heavy atom. The molecule has 4 rings (SSSR count). The van der Waals surface area contributed by atoms with Crippen LogP contribution < -0.4 is 5.32 Å². The highest BCUT2D eigenvalue weighted by atomic mass is 16.2. The number of urea groups is 1. The monoisotopic (exact) mass is 357 g/mol. The number of nitrogens with zero attached hydrogens (tertiary/aromatic N) is 4. The first kappa shape index (κ1) is 17.1. The van der Waals surface area contributed by atoms with E-state index in [9.17, 15) is 9.59 Å². The van der Waals surface area contributed by atoms with Gasteiger partial charge in [0.15, 0.2) is 5.69 Å². The van der Waals surface area contributed by atoms with E-state index in [1.54, 1.807) is 9.58 Å². The lowest BCUT2D eigenvalue weighted by molar-refractivity contribution is 0.0699. The number of amides is 3. The maximum atomic E-state index is 13.1. The summed E-state index contributed by atoms with van der Waals surface area (Å²) in [5, 5.41) is 7.19. The molecule has 0 spiro atoms. The second kappa shape index (κ2) is 6.78. The molecule has 1 saturated heterocycles. The maximum Gasteiger partial charge on any atom is 0.317 e. The molecule has 1 aliphatic heterocycles. The Morgan fingerprint density at radius 3 is 2.81 bits per heavy atom. The number of carbonyl (C=O) groups is 2. The van der Waals surface area contributed by atoms with Gasteiger partial charge in [0.2, 0.25) is 0 Å². The lowest BCUT2D eigenvalue weighted by atomic mass is 9.93. The van der Waals surface area contributed by atoms with Gasteiger partial charge in [0.1, 0.15) is 0 Å². The van der Waals surface area contributed by atoms with E-state index in [1.807, 2.05) is 24.9 Å². The fourth-order valence-electron chi connectivity index (χ4n) is 4.46. The number of nitrogens with one attached hydrogen (secondary N) is 1. The Hall–Kier alpha value is -2.31. The fraction of sp³-hybridized carbons (Fsp3) is 0.632. The predicted octanol–water partition coefficient (Wildman–Crippen LogP) is 1.41. The molecule has 1 aromatic rings. The highest BCUT2D eigenvalue weighted by Crippen LogP contribution is 2.43. The summed E-state index contributed by atoms with van der Waals surface area (Å²) in [5.41, 5.74) is 1.46. The average Bonchev–Trinajstić information content (AvgIpc) is 3.38. The zero-order valence-corrected chi connectivity index (χ0v) is 15.5. The number of hydrogen-bond acceptors (Lipinski definition) is 3. The maximum absolute atomic E-state index is 13.1. The van der Waals surface area contributed by atoms with E-state index in [4.69, 9.17) is 0 Å². The number of aromatic nitrogens is 2. The number of aryl methyl sites for hydroxylation is 2. The third-order valence-electron chi connectivity index (χ3n) is 6.08. The Kier molecular flexibility index (Phi) is 4.46. The molecule has 0 radical (unpaired) electrons. The van der Waals surface area contributed by atoms with Crippen molar-refractivity contribution in [3.05, 3.63) is 29.6 Å².